The molecule has 0 saturated heterocycles. The molecule has 0 saturated carbocycles. The number of hydrogen-bond donors (Lipinski definition) is 3. The number of ether oxygens (including phenoxy) is 1. The lowest BCUT2D eigenvalue weighted by Gasteiger charge is -2.24. The Balaban J connectivity index is 1.94. The van der Waals surface area contributed by atoms with Crippen molar-refractivity contribution in [2.75, 3.05) is 31.3 Å². The topological polar surface area (TPSA) is 179 Å². The van der Waals surface area contributed by atoms with Crippen LogP contribution in [-0.2, 0) is 37.3 Å². The van der Waals surface area contributed by atoms with E-state index in [-0.39, 0.29) is 49.3 Å². The van der Waals surface area contributed by atoms with Gasteiger partial charge in [-0.25, -0.2) is 13.1 Å². The number of aliphatic hydroxyl groups excluding tert-OH is 1. The van der Waals surface area contributed by atoms with Crippen LogP contribution in [0.5, 0.6) is 0 Å². The highest BCUT2D eigenvalue weighted by atomic mass is 32.2. The zero-order valence-corrected chi connectivity index (χ0v) is 20.9. The predicted molar refractivity (Wildman–Crippen MR) is 128 cm³/mol. The van der Waals surface area contributed by atoms with Crippen LogP contribution in [0.4, 0.5) is 0 Å². The molecule has 0 aliphatic rings. The molecule has 0 unspecified atom stereocenters. The Morgan fingerprint density at radius 1 is 1.23 bits per heavy atom. The third-order valence-electron chi connectivity index (χ3n) is 5.13. The van der Waals surface area contributed by atoms with Crippen LogP contribution in [0.25, 0.3) is 0 Å². The van der Waals surface area contributed by atoms with E-state index in [0.717, 1.165) is 5.56 Å². The van der Waals surface area contributed by atoms with Crippen LogP contribution in [0.15, 0.2) is 30.3 Å². The SMILES string of the molecule is CC(C)(N)C(=O)[C@H](COCc1ccccc1)c1nnnn1CCCC(=O)NCCS(=O)(=O)CCO. The van der Waals surface area contributed by atoms with Gasteiger partial charge in [0.05, 0.1) is 36.9 Å². The monoisotopic (exact) mass is 510 g/mol. The molecule has 4 N–H and O–H groups in total. The van der Waals surface area contributed by atoms with Crippen molar-refractivity contribution in [3.8, 4) is 0 Å². The Morgan fingerprint density at radius 3 is 2.60 bits per heavy atom. The summed E-state index contributed by atoms with van der Waals surface area (Å²) in [6.07, 6.45) is 0.482. The van der Waals surface area contributed by atoms with Crippen LogP contribution >= 0.6 is 0 Å². The average molecular weight is 511 g/mol. The van der Waals surface area contributed by atoms with Gasteiger partial charge in [-0.05, 0) is 36.3 Å². The first-order chi connectivity index (χ1) is 16.5. The summed E-state index contributed by atoms with van der Waals surface area (Å²) in [4.78, 5) is 25.1. The molecule has 2 aromatic rings. The maximum Gasteiger partial charge on any atom is 0.220 e. The Kier molecular flexibility index (Phi) is 10.9. The second kappa shape index (κ2) is 13.4. The highest BCUT2D eigenvalue weighted by molar-refractivity contribution is 7.91. The second-order valence-corrected chi connectivity index (χ2v) is 11.0. The standard InChI is InChI=1S/C22H34N6O6S/c1-22(2,23)20(31)18(16-34-15-17-7-4-3-5-8-17)21-25-26-27-28(21)11-6-9-19(30)24-10-13-35(32,33)14-12-29/h3-5,7-8,18,29H,6,9-16,23H2,1-2H3,(H,24,30)/t18-/m0/s1. The summed E-state index contributed by atoms with van der Waals surface area (Å²) in [6, 6.07) is 9.53. The minimum atomic E-state index is -3.39. The lowest BCUT2D eigenvalue weighted by Crippen LogP contribution is -2.46. The fraction of sp³-hybridized carbons (Fsp3) is 0.591. The highest BCUT2D eigenvalue weighted by Crippen LogP contribution is 2.21. The number of nitrogens with one attached hydrogen (secondary N) is 1. The number of carbonyl (C=O) groups excluding carboxylic acids is 2. The van der Waals surface area contributed by atoms with E-state index in [0.29, 0.717) is 18.9 Å². The van der Waals surface area contributed by atoms with Gasteiger partial charge in [0.15, 0.2) is 21.4 Å². The molecular weight excluding hydrogens is 476 g/mol. The van der Waals surface area contributed by atoms with Gasteiger partial charge in [0.25, 0.3) is 0 Å². The smallest absolute Gasteiger partial charge is 0.220 e. The number of tetrazole rings is 1. The number of rotatable bonds is 16. The minimum Gasteiger partial charge on any atom is -0.395 e. The molecule has 0 fully saturated rings. The Bertz CT molecular complexity index is 1050. The number of aliphatic hydroxyl groups is 1. The van der Waals surface area contributed by atoms with Gasteiger partial charge in [-0.1, -0.05) is 30.3 Å². The number of hydrogen-bond acceptors (Lipinski definition) is 10. The molecule has 1 heterocycles. The molecule has 0 radical (unpaired) electrons. The Morgan fingerprint density at radius 2 is 1.94 bits per heavy atom. The van der Waals surface area contributed by atoms with Crippen molar-refractivity contribution in [3.63, 3.8) is 0 Å². The highest BCUT2D eigenvalue weighted by Gasteiger charge is 2.35. The molecule has 0 bridgehead atoms. The van der Waals surface area contributed by atoms with Gasteiger partial charge < -0.3 is 20.9 Å². The molecule has 12 nitrogen and oxygen atoms in total. The van der Waals surface area contributed by atoms with Crippen molar-refractivity contribution in [2.24, 2.45) is 5.73 Å². The molecule has 1 aromatic carbocycles. The maximum absolute atomic E-state index is 13.0. The van der Waals surface area contributed by atoms with E-state index in [9.17, 15) is 18.0 Å². The third kappa shape index (κ3) is 9.80. The number of Topliss-reactive ketones (excluding diaryl/α,β-unsaturated/α-hetero) is 1. The lowest BCUT2D eigenvalue weighted by molar-refractivity contribution is -0.126. The van der Waals surface area contributed by atoms with Crippen molar-refractivity contribution in [2.45, 2.75) is 51.3 Å². The molecule has 0 aliphatic carbocycles. The molecule has 13 heteroatoms. The Labute approximate surface area is 205 Å². The van der Waals surface area contributed by atoms with E-state index < -0.39 is 27.9 Å². The first-order valence-corrected chi connectivity index (χ1v) is 13.1. The first kappa shape index (κ1) is 28.5. The molecule has 1 aromatic heterocycles. The van der Waals surface area contributed by atoms with Crippen LogP contribution in [0.3, 0.4) is 0 Å². The number of carbonyl (C=O) groups is 2. The van der Waals surface area contributed by atoms with Crippen molar-refractivity contribution in [1.29, 1.82) is 0 Å². The number of sulfone groups is 1. The quantitative estimate of drug-likeness (QED) is 0.268. The fourth-order valence-corrected chi connectivity index (χ4v) is 4.17. The summed E-state index contributed by atoms with van der Waals surface area (Å²) < 4.78 is 30.4. The number of amides is 1. The molecular formula is C22H34N6O6S. The molecule has 35 heavy (non-hydrogen) atoms. The van der Waals surface area contributed by atoms with E-state index in [1.807, 2.05) is 30.3 Å². The Hall–Kier alpha value is -2.74. The van der Waals surface area contributed by atoms with Gasteiger partial charge in [-0.2, -0.15) is 0 Å². The van der Waals surface area contributed by atoms with Crippen LogP contribution in [0.2, 0.25) is 0 Å². The van der Waals surface area contributed by atoms with Crippen LogP contribution in [0.1, 0.15) is 44.0 Å². The van der Waals surface area contributed by atoms with Crippen LogP contribution in [-0.4, -0.2) is 82.2 Å². The molecule has 0 spiro atoms. The fourth-order valence-electron chi connectivity index (χ4n) is 3.27. The minimum absolute atomic E-state index is 0.0296. The lowest BCUT2D eigenvalue weighted by atomic mass is 9.89. The molecule has 1 atom stereocenters. The summed E-state index contributed by atoms with van der Waals surface area (Å²) in [6.45, 7) is 3.36. The van der Waals surface area contributed by atoms with E-state index in [1.54, 1.807) is 13.8 Å². The third-order valence-corrected chi connectivity index (χ3v) is 6.76. The molecule has 1 amide bonds. The van der Waals surface area contributed by atoms with E-state index in [4.69, 9.17) is 15.6 Å². The van der Waals surface area contributed by atoms with Gasteiger partial charge in [-0.15, -0.1) is 5.10 Å². The summed E-state index contributed by atoms with van der Waals surface area (Å²) in [5, 5.41) is 23.0. The van der Waals surface area contributed by atoms with E-state index >= 15 is 0 Å². The van der Waals surface area contributed by atoms with Gasteiger partial charge in [-0.3, -0.25) is 9.59 Å². The number of aromatic nitrogens is 4. The molecule has 2 rings (SSSR count). The zero-order valence-electron chi connectivity index (χ0n) is 20.1. The van der Waals surface area contributed by atoms with Gasteiger partial charge in [0, 0.05) is 19.5 Å². The molecule has 194 valence electrons. The van der Waals surface area contributed by atoms with Crippen LogP contribution < -0.4 is 11.1 Å². The largest absolute Gasteiger partial charge is 0.395 e. The van der Waals surface area contributed by atoms with Crippen molar-refractivity contribution in [3.05, 3.63) is 41.7 Å². The van der Waals surface area contributed by atoms with Crippen LogP contribution in [0, 0.1) is 0 Å². The van der Waals surface area contributed by atoms with E-state index in [1.165, 1.54) is 4.68 Å². The molecule has 0 aliphatic heterocycles. The number of benzene rings is 1. The van der Waals surface area contributed by atoms with Gasteiger partial charge >= 0.3 is 0 Å². The summed E-state index contributed by atoms with van der Waals surface area (Å²) in [5.41, 5.74) is 5.89. The maximum atomic E-state index is 13.0. The van der Waals surface area contributed by atoms with Gasteiger partial charge in [0.2, 0.25) is 5.91 Å². The zero-order chi connectivity index (χ0) is 25.9. The summed E-state index contributed by atoms with van der Waals surface area (Å²) in [7, 11) is -3.39. The number of nitrogens with two attached hydrogens (primary N) is 1. The van der Waals surface area contributed by atoms with Gasteiger partial charge in [0.1, 0.15) is 5.92 Å². The predicted octanol–water partition coefficient (Wildman–Crippen LogP) is -0.417. The second-order valence-electron chi connectivity index (χ2n) is 8.73. The number of nitrogens with zero attached hydrogens (tertiary/aromatic N) is 4. The average Bonchev–Trinajstić information content (AvgIpc) is 3.24. The summed E-state index contributed by atoms with van der Waals surface area (Å²) >= 11 is 0. The number of aryl methyl sites for hydroxylation is 1. The first-order valence-electron chi connectivity index (χ1n) is 11.3. The number of ketones is 1. The van der Waals surface area contributed by atoms with Crippen molar-refractivity contribution in [1.82, 2.24) is 25.5 Å². The van der Waals surface area contributed by atoms with Crippen molar-refractivity contribution >= 4 is 21.5 Å². The van der Waals surface area contributed by atoms with Crippen molar-refractivity contribution < 1.29 is 27.9 Å². The summed E-state index contributed by atoms with van der Waals surface area (Å²) in [5.74, 6) is -1.65. The van der Waals surface area contributed by atoms with E-state index in [2.05, 4.69) is 20.8 Å². The normalized spacial score (nSPS) is 12.9.